The number of rotatable bonds is 2. The van der Waals surface area contributed by atoms with Crippen LogP contribution < -0.4 is 5.73 Å². The van der Waals surface area contributed by atoms with Gasteiger partial charge in [0.2, 0.25) is 0 Å². The zero-order valence-electron chi connectivity index (χ0n) is 9.61. The smallest absolute Gasteiger partial charge is 0.137 e. The molecule has 90 valence electrons. The second-order valence-electron chi connectivity index (χ2n) is 4.03. The van der Waals surface area contributed by atoms with Gasteiger partial charge in [-0.2, -0.15) is 0 Å². The Morgan fingerprint density at radius 2 is 2.18 bits per heavy atom. The number of nitrogens with two attached hydrogens (primary N) is 1. The highest BCUT2D eigenvalue weighted by Gasteiger charge is 2.12. The van der Waals surface area contributed by atoms with Crippen molar-refractivity contribution in [2.75, 3.05) is 0 Å². The normalized spacial score (nSPS) is 12.8. The highest BCUT2D eigenvalue weighted by molar-refractivity contribution is 9.10. The molecule has 1 aromatic heterocycles. The van der Waals surface area contributed by atoms with Crippen LogP contribution in [0.25, 0.3) is 5.69 Å². The minimum atomic E-state index is -0.270. The fraction of sp³-hybridized carbons (Fsp3) is 0.250. The van der Waals surface area contributed by atoms with Gasteiger partial charge in [0.15, 0.2) is 0 Å². The first-order chi connectivity index (χ1) is 8.00. The summed E-state index contributed by atoms with van der Waals surface area (Å²) in [4.78, 5) is 4.09. The first-order valence-corrected chi connectivity index (χ1v) is 6.04. The highest BCUT2D eigenvalue weighted by atomic mass is 79.9. The molecule has 1 atom stereocenters. The van der Waals surface area contributed by atoms with Gasteiger partial charge in [0.1, 0.15) is 5.82 Å². The molecular formula is C12H13BrFN3. The largest absolute Gasteiger partial charge is 0.323 e. The number of hydrogen-bond donors (Lipinski definition) is 1. The molecule has 2 rings (SSSR count). The maximum atomic E-state index is 13.4. The van der Waals surface area contributed by atoms with E-state index in [0.29, 0.717) is 4.47 Å². The van der Waals surface area contributed by atoms with Crippen molar-refractivity contribution in [3.05, 3.63) is 46.2 Å². The van der Waals surface area contributed by atoms with Crippen LogP contribution in [0.2, 0.25) is 0 Å². The number of aryl methyl sites for hydroxylation is 1. The lowest BCUT2D eigenvalue weighted by atomic mass is 10.1. The maximum absolute atomic E-state index is 13.4. The van der Waals surface area contributed by atoms with E-state index in [1.807, 2.05) is 18.4 Å². The van der Waals surface area contributed by atoms with E-state index in [9.17, 15) is 4.39 Å². The number of benzene rings is 1. The second kappa shape index (κ2) is 4.58. The molecule has 0 aliphatic heterocycles. The first-order valence-electron chi connectivity index (χ1n) is 5.24. The van der Waals surface area contributed by atoms with Gasteiger partial charge in [-0.3, -0.25) is 0 Å². The number of imidazole rings is 1. The molecule has 0 saturated heterocycles. The van der Waals surface area contributed by atoms with Gasteiger partial charge in [0.25, 0.3) is 0 Å². The van der Waals surface area contributed by atoms with Crippen molar-refractivity contribution >= 4 is 15.9 Å². The molecule has 3 nitrogen and oxygen atoms in total. The van der Waals surface area contributed by atoms with Crippen LogP contribution in [-0.4, -0.2) is 9.55 Å². The molecule has 2 N–H and O–H groups in total. The molecule has 5 heteroatoms. The van der Waals surface area contributed by atoms with Crippen LogP contribution in [0.15, 0.2) is 29.1 Å². The quantitative estimate of drug-likeness (QED) is 0.926. The topological polar surface area (TPSA) is 43.8 Å². The number of halogens is 2. The van der Waals surface area contributed by atoms with Crippen LogP contribution in [0.5, 0.6) is 0 Å². The van der Waals surface area contributed by atoms with Crippen LogP contribution in [-0.2, 0) is 0 Å². The van der Waals surface area contributed by atoms with Crippen molar-refractivity contribution < 1.29 is 4.39 Å². The van der Waals surface area contributed by atoms with Crippen molar-refractivity contribution in [2.24, 2.45) is 5.73 Å². The molecule has 17 heavy (non-hydrogen) atoms. The summed E-state index contributed by atoms with van der Waals surface area (Å²) >= 11 is 3.19. The van der Waals surface area contributed by atoms with Gasteiger partial charge >= 0.3 is 0 Å². The zero-order chi connectivity index (χ0) is 12.6. The van der Waals surface area contributed by atoms with E-state index in [-0.39, 0.29) is 11.9 Å². The Kier molecular flexibility index (Phi) is 3.31. The molecule has 0 aliphatic carbocycles. The molecular weight excluding hydrogens is 285 g/mol. The van der Waals surface area contributed by atoms with Crippen molar-refractivity contribution in [3.8, 4) is 5.69 Å². The van der Waals surface area contributed by atoms with Crippen LogP contribution in [0, 0.1) is 12.7 Å². The van der Waals surface area contributed by atoms with Crippen molar-refractivity contribution in [3.63, 3.8) is 0 Å². The average molecular weight is 298 g/mol. The monoisotopic (exact) mass is 297 g/mol. The van der Waals surface area contributed by atoms with Crippen LogP contribution in [0.3, 0.4) is 0 Å². The minimum Gasteiger partial charge on any atom is -0.323 e. The molecule has 0 aliphatic rings. The third-order valence-corrected chi connectivity index (χ3v) is 3.24. The Morgan fingerprint density at radius 3 is 2.82 bits per heavy atom. The van der Waals surface area contributed by atoms with E-state index >= 15 is 0 Å². The lowest BCUT2D eigenvalue weighted by Gasteiger charge is -2.13. The van der Waals surface area contributed by atoms with E-state index in [0.717, 1.165) is 16.9 Å². The fourth-order valence-corrected chi connectivity index (χ4v) is 2.07. The van der Waals surface area contributed by atoms with Crippen LogP contribution in [0.1, 0.15) is 24.2 Å². The van der Waals surface area contributed by atoms with Crippen molar-refractivity contribution in [1.29, 1.82) is 0 Å². The number of hydrogen-bond acceptors (Lipinski definition) is 2. The van der Waals surface area contributed by atoms with E-state index < -0.39 is 0 Å². The summed E-state index contributed by atoms with van der Waals surface area (Å²) in [5.41, 5.74) is 8.48. The molecule has 1 aromatic carbocycles. The number of nitrogens with zero attached hydrogens (tertiary/aromatic N) is 2. The highest BCUT2D eigenvalue weighted by Crippen LogP contribution is 2.25. The summed E-state index contributed by atoms with van der Waals surface area (Å²) in [6.45, 7) is 3.75. The molecule has 1 heterocycles. The maximum Gasteiger partial charge on any atom is 0.137 e. The van der Waals surface area contributed by atoms with Gasteiger partial charge in [0.05, 0.1) is 28.4 Å². The van der Waals surface area contributed by atoms with Gasteiger partial charge in [-0.15, -0.1) is 0 Å². The molecule has 0 bridgehead atoms. The standard InChI is InChI=1S/C12H13BrFN3/c1-7-3-10(14)9(13)4-11(7)17-6-16-5-12(17)8(2)15/h3-6,8H,15H2,1-2H3/t8-/m0/s1. The molecule has 0 amide bonds. The van der Waals surface area contributed by atoms with Gasteiger partial charge < -0.3 is 10.3 Å². The molecule has 0 fully saturated rings. The Labute approximate surface area is 108 Å². The molecule has 0 radical (unpaired) electrons. The summed E-state index contributed by atoms with van der Waals surface area (Å²) in [6, 6.07) is 3.10. The van der Waals surface area contributed by atoms with Gasteiger partial charge in [-0.05, 0) is 47.5 Å². The zero-order valence-corrected chi connectivity index (χ0v) is 11.2. The van der Waals surface area contributed by atoms with Gasteiger partial charge in [-0.1, -0.05) is 0 Å². The third-order valence-electron chi connectivity index (χ3n) is 2.63. The predicted octanol–water partition coefficient (Wildman–Crippen LogP) is 3.10. The number of aromatic nitrogens is 2. The Morgan fingerprint density at radius 1 is 1.47 bits per heavy atom. The lowest BCUT2D eigenvalue weighted by Crippen LogP contribution is -2.11. The summed E-state index contributed by atoms with van der Waals surface area (Å²) in [7, 11) is 0. The van der Waals surface area contributed by atoms with Crippen molar-refractivity contribution in [2.45, 2.75) is 19.9 Å². The Balaban J connectivity index is 2.60. The molecule has 2 aromatic rings. The average Bonchev–Trinajstić information content (AvgIpc) is 2.72. The Hall–Kier alpha value is -1.20. The molecule has 0 saturated carbocycles. The summed E-state index contributed by atoms with van der Waals surface area (Å²) in [6.07, 6.45) is 3.41. The summed E-state index contributed by atoms with van der Waals surface area (Å²) in [5.74, 6) is -0.270. The summed E-state index contributed by atoms with van der Waals surface area (Å²) in [5, 5.41) is 0. The van der Waals surface area contributed by atoms with E-state index in [2.05, 4.69) is 20.9 Å². The van der Waals surface area contributed by atoms with Crippen molar-refractivity contribution in [1.82, 2.24) is 9.55 Å². The van der Waals surface area contributed by atoms with Crippen LogP contribution >= 0.6 is 15.9 Å². The van der Waals surface area contributed by atoms with E-state index in [1.165, 1.54) is 6.07 Å². The second-order valence-corrected chi connectivity index (χ2v) is 4.88. The molecule has 0 unspecified atom stereocenters. The Bertz CT molecular complexity index is 549. The van der Waals surface area contributed by atoms with Crippen LogP contribution in [0.4, 0.5) is 4.39 Å². The fourth-order valence-electron chi connectivity index (χ4n) is 1.74. The summed E-state index contributed by atoms with van der Waals surface area (Å²) < 4.78 is 15.7. The third kappa shape index (κ3) is 2.25. The lowest BCUT2D eigenvalue weighted by molar-refractivity contribution is 0.619. The minimum absolute atomic E-state index is 0.124. The van der Waals surface area contributed by atoms with E-state index in [4.69, 9.17) is 5.73 Å². The van der Waals surface area contributed by atoms with Gasteiger partial charge in [-0.25, -0.2) is 9.37 Å². The predicted molar refractivity (Wildman–Crippen MR) is 68.6 cm³/mol. The van der Waals surface area contributed by atoms with E-state index in [1.54, 1.807) is 18.6 Å². The molecule has 0 spiro atoms. The van der Waals surface area contributed by atoms with Gasteiger partial charge in [0, 0.05) is 6.04 Å². The first kappa shape index (κ1) is 12.3. The SMILES string of the molecule is Cc1cc(F)c(Br)cc1-n1cncc1[C@H](C)N.